The molecule has 5 heteroatoms. The average molecular weight is 324 g/mol. The minimum absolute atomic E-state index is 0.0360. The third kappa shape index (κ3) is 4.29. The highest BCUT2D eigenvalue weighted by Crippen LogP contribution is 2.17. The molecule has 1 amide bonds. The van der Waals surface area contributed by atoms with E-state index in [9.17, 15) is 14.4 Å². The van der Waals surface area contributed by atoms with Crippen LogP contribution < -0.4 is 10.6 Å². The van der Waals surface area contributed by atoms with Crippen LogP contribution >= 0.6 is 0 Å². The van der Waals surface area contributed by atoms with Crippen LogP contribution in [0.5, 0.6) is 0 Å². The Kier molecular flexibility index (Phi) is 5.47. The molecule has 0 aliphatic carbocycles. The predicted octanol–water partition coefficient (Wildman–Crippen LogP) is 3.53. The number of para-hydroxylation sites is 1. The molecule has 2 rings (SSSR count). The zero-order valence-corrected chi connectivity index (χ0v) is 13.9. The number of benzene rings is 2. The molecule has 5 nitrogen and oxygen atoms in total. The summed E-state index contributed by atoms with van der Waals surface area (Å²) in [6.45, 7) is 4.67. The van der Waals surface area contributed by atoms with E-state index in [-0.39, 0.29) is 17.5 Å². The third-order valence-corrected chi connectivity index (χ3v) is 3.61. The van der Waals surface area contributed by atoms with E-state index in [1.807, 2.05) is 0 Å². The van der Waals surface area contributed by atoms with E-state index in [1.54, 1.807) is 55.5 Å². The normalized spacial score (nSPS) is 11.5. The topological polar surface area (TPSA) is 75.3 Å². The molecule has 1 atom stereocenters. The van der Waals surface area contributed by atoms with E-state index in [2.05, 4.69) is 10.6 Å². The molecule has 0 unspecified atom stereocenters. The second-order valence-corrected chi connectivity index (χ2v) is 5.59. The molecule has 0 aromatic heterocycles. The molecule has 2 aromatic carbocycles. The van der Waals surface area contributed by atoms with Gasteiger partial charge in [0.25, 0.3) is 0 Å². The van der Waals surface area contributed by atoms with Crippen LogP contribution in [-0.4, -0.2) is 23.5 Å². The summed E-state index contributed by atoms with van der Waals surface area (Å²) < 4.78 is 0. The minimum Gasteiger partial charge on any atom is -0.374 e. The monoisotopic (exact) mass is 324 g/mol. The lowest BCUT2D eigenvalue weighted by Gasteiger charge is -2.17. The van der Waals surface area contributed by atoms with Gasteiger partial charge in [0.15, 0.2) is 11.6 Å². The highest BCUT2D eigenvalue weighted by Gasteiger charge is 2.16. The number of nitrogens with one attached hydrogen (secondary N) is 2. The van der Waals surface area contributed by atoms with Gasteiger partial charge in [0.2, 0.25) is 5.91 Å². The molecule has 0 heterocycles. The summed E-state index contributed by atoms with van der Waals surface area (Å²) in [5.74, 6) is -0.413. The van der Waals surface area contributed by atoms with Crippen molar-refractivity contribution in [2.24, 2.45) is 0 Å². The van der Waals surface area contributed by atoms with Gasteiger partial charge in [0.05, 0.1) is 5.69 Å². The number of ketones is 2. The number of carbonyl (C=O) groups excluding carboxylic acids is 3. The van der Waals surface area contributed by atoms with Crippen molar-refractivity contribution in [2.45, 2.75) is 26.8 Å². The van der Waals surface area contributed by atoms with Crippen molar-refractivity contribution in [2.75, 3.05) is 10.6 Å². The predicted molar refractivity (Wildman–Crippen MR) is 94.6 cm³/mol. The molecule has 2 aromatic rings. The molecule has 0 saturated heterocycles. The van der Waals surface area contributed by atoms with Crippen molar-refractivity contribution < 1.29 is 14.4 Å². The Bertz CT molecular complexity index is 784. The molecule has 0 bridgehead atoms. The second-order valence-electron chi connectivity index (χ2n) is 5.59. The zero-order chi connectivity index (χ0) is 17.7. The summed E-state index contributed by atoms with van der Waals surface area (Å²) in [6, 6.07) is 13.3. The fourth-order valence-corrected chi connectivity index (χ4v) is 2.28. The number of Topliss-reactive ketones (excluding diaryl/α,β-unsaturated/α-hetero) is 2. The molecular weight excluding hydrogens is 304 g/mol. The molecule has 124 valence electrons. The second kappa shape index (κ2) is 7.55. The molecule has 0 spiro atoms. The summed E-state index contributed by atoms with van der Waals surface area (Å²) >= 11 is 0. The van der Waals surface area contributed by atoms with Crippen LogP contribution in [0.2, 0.25) is 0 Å². The molecule has 0 aliphatic rings. The van der Waals surface area contributed by atoms with Gasteiger partial charge in [-0.05, 0) is 45.0 Å². The lowest BCUT2D eigenvalue weighted by Crippen LogP contribution is -2.32. The van der Waals surface area contributed by atoms with Gasteiger partial charge in [-0.25, -0.2) is 0 Å². The number of amides is 1. The van der Waals surface area contributed by atoms with Gasteiger partial charge < -0.3 is 10.6 Å². The molecule has 0 radical (unpaired) electrons. The number of anilines is 2. The quantitative estimate of drug-likeness (QED) is 0.797. The van der Waals surface area contributed by atoms with Gasteiger partial charge in [-0.15, -0.1) is 0 Å². The molecule has 24 heavy (non-hydrogen) atoms. The lowest BCUT2D eigenvalue weighted by atomic mass is 10.1. The first-order chi connectivity index (χ1) is 11.4. The van der Waals surface area contributed by atoms with Crippen molar-refractivity contribution in [3.63, 3.8) is 0 Å². The highest BCUT2D eigenvalue weighted by atomic mass is 16.2. The van der Waals surface area contributed by atoms with Crippen LogP contribution in [0.25, 0.3) is 0 Å². The van der Waals surface area contributed by atoms with Crippen LogP contribution in [0, 0.1) is 0 Å². The summed E-state index contributed by atoms with van der Waals surface area (Å²) in [5, 5.41) is 5.82. The minimum atomic E-state index is -0.535. The number of hydrogen-bond acceptors (Lipinski definition) is 4. The van der Waals surface area contributed by atoms with Gasteiger partial charge in [0, 0.05) is 16.8 Å². The number of carbonyl (C=O) groups is 3. The van der Waals surface area contributed by atoms with Crippen molar-refractivity contribution in [3.05, 3.63) is 59.7 Å². The SMILES string of the molecule is CC(=O)c1cccc(N[C@@H](C)C(=O)Nc2ccccc2C(C)=O)c1. The van der Waals surface area contributed by atoms with Crippen LogP contribution in [0.4, 0.5) is 11.4 Å². The van der Waals surface area contributed by atoms with E-state index >= 15 is 0 Å². The third-order valence-electron chi connectivity index (χ3n) is 3.61. The Labute approximate surface area is 141 Å². The summed E-state index contributed by atoms with van der Waals surface area (Å²) in [5.41, 5.74) is 2.22. The van der Waals surface area contributed by atoms with E-state index in [0.29, 0.717) is 22.5 Å². The molecule has 2 N–H and O–H groups in total. The summed E-state index contributed by atoms with van der Waals surface area (Å²) in [7, 11) is 0. The largest absolute Gasteiger partial charge is 0.374 e. The number of hydrogen-bond donors (Lipinski definition) is 2. The van der Waals surface area contributed by atoms with Crippen LogP contribution in [-0.2, 0) is 4.79 Å². The van der Waals surface area contributed by atoms with E-state index in [4.69, 9.17) is 0 Å². The number of rotatable bonds is 6. The maximum Gasteiger partial charge on any atom is 0.246 e. The van der Waals surface area contributed by atoms with Crippen LogP contribution in [0.15, 0.2) is 48.5 Å². The molecule has 0 saturated carbocycles. The van der Waals surface area contributed by atoms with Gasteiger partial charge >= 0.3 is 0 Å². The Morgan fingerprint density at radius 2 is 1.62 bits per heavy atom. The Morgan fingerprint density at radius 3 is 2.29 bits per heavy atom. The van der Waals surface area contributed by atoms with Gasteiger partial charge in [-0.2, -0.15) is 0 Å². The molecular formula is C19H20N2O3. The average Bonchev–Trinajstić information content (AvgIpc) is 2.55. The first-order valence-electron chi connectivity index (χ1n) is 7.67. The molecule has 0 fully saturated rings. The zero-order valence-electron chi connectivity index (χ0n) is 13.9. The Hall–Kier alpha value is -2.95. The smallest absolute Gasteiger partial charge is 0.246 e. The first-order valence-corrected chi connectivity index (χ1v) is 7.67. The highest BCUT2D eigenvalue weighted by molar-refractivity contribution is 6.05. The van der Waals surface area contributed by atoms with E-state index in [1.165, 1.54) is 13.8 Å². The van der Waals surface area contributed by atoms with Gasteiger partial charge in [-0.1, -0.05) is 24.3 Å². The van der Waals surface area contributed by atoms with Crippen LogP contribution in [0.1, 0.15) is 41.5 Å². The van der Waals surface area contributed by atoms with Crippen molar-refractivity contribution in [1.82, 2.24) is 0 Å². The molecule has 0 aliphatic heterocycles. The van der Waals surface area contributed by atoms with E-state index < -0.39 is 6.04 Å². The maximum atomic E-state index is 12.4. The Morgan fingerprint density at radius 1 is 0.917 bits per heavy atom. The van der Waals surface area contributed by atoms with E-state index in [0.717, 1.165) is 0 Å². The van der Waals surface area contributed by atoms with Gasteiger partial charge in [0.1, 0.15) is 6.04 Å². The fourth-order valence-electron chi connectivity index (χ4n) is 2.28. The first kappa shape index (κ1) is 17.4. The maximum absolute atomic E-state index is 12.4. The fraction of sp³-hybridized carbons (Fsp3) is 0.211. The standard InChI is InChI=1S/C19H20N2O3/c1-12(20-16-8-6-7-15(11-16)13(2)22)19(24)21-18-10-5-4-9-17(18)14(3)23/h4-12,20H,1-3H3,(H,21,24)/t12-/m0/s1. The Balaban J connectivity index is 2.09. The van der Waals surface area contributed by atoms with Crippen molar-refractivity contribution in [3.8, 4) is 0 Å². The lowest BCUT2D eigenvalue weighted by molar-refractivity contribution is -0.116. The van der Waals surface area contributed by atoms with Crippen LogP contribution in [0.3, 0.4) is 0 Å². The van der Waals surface area contributed by atoms with Crippen molar-refractivity contribution in [1.29, 1.82) is 0 Å². The van der Waals surface area contributed by atoms with Gasteiger partial charge in [-0.3, -0.25) is 14.4 Å². The van der Waals surface area contributed by atoms with Crippen molar-refractivity contribution >= 4 is 28.8 Å². The summed E-state index contributed by atoms with van der Waals surface area (Å²) in [4.78, 5) is 35.4. The summed E-state index contributed by atoms with van der Waals surface area (Å²) in [6.07, 6.45) is 0.